The van der Waals surface area contributed by atoms with Crippen LogP contribution in [0.3, 0.4) is 0 Å². The van der Waals surface area contributed by atoms with Crippen LogP contribution in [0.4, 0.5) is 0 Å². The van der Waals surface area contributed by atoms with Crippen molar-refractivity contribution in [3.05, 3.63) is 22.4 Å². The van der Waals surface area contributed by atoms with Crippen molar-refractivity contribution in [3.63, 3.8) is 0 Å². The van der Waals surface area contributed by atoms with Crippen LogP contribution < -0.4 is 5.32 Å². The molecule has 0 bridgehead atoms. The quantitative estimate of drug-likeness (QED) is 0.810. The van der Waals surface area contributed by atoms with Crippen LogP contribution in [0.5, 0.6) is 0 Å². The molecular formula is C16H28N2S. The molecule has 0 radical (unpaired) electrons. The highest BCUT2D eigenvalue weighted by Gasteiger charge is 2.23. The molecule has 2 atom stereocenters. The molecule has 2 nitrogen and oxygen atoms in total. The molecular weight excluding hydrogens is 252 g/mol. The van der Waals surface area contributed by atoms with Crippen LogP contribution in [-0.2, 0) is 0 Å². The molecule has 3 heteroatoms. The predicted molar refractivity (Wildman–Crippen MR) is 84.9 cm³/mol. The van der Waals surface area contributed by atoms with Crippen molar-refractivity contribution < 1.29 is 0 Å². The lowest BCUT2D eigenvalue weighted by atomic mass is 10.0. The molecule has 0 spiro atoms. The van der Waals surface area contributed by atoms with Gasteiger partial charge in [0.25, 0.3) is 0 Å². The van der Waals surface area contributed by atoms with Gasteiger partial charge in [-0.15, -0.1) is 11.3 Å². The summed E-state index contributed by atoms with van der Waals surface area (Å²) in [4.78, 5) is 4.24. The number of piperidine rings is 1. The Hall–Kier alpha value is -0.380. The van der Waals surface area contributed by atoms with Gasteiger partial charge in [0.15, 0.2) is 0 Å². The summed E-state index contributed by atoms with van der Waals surface area (Å²) in [5.74, 6) is 0. The maximum Gasteiger partial charge on any atom is 0.0439 e. The number of hydrogen-bond donors (Lipinski definition) is 1. The summed E-state index contributed by atoms with van der Waals surface area (Å²) >= 11 is 1.91. The van der Waals surface area contributed by atoms with Gasteiger partial charge in [-0.3, -0.25) is 4.90 Å². The van der Waals surface area contributed by atoms with Crippen LogP contribution in [0.15, 0.2) is 17.5 Å². The zero-order valence-corrected chi connectivity index (χ0v) is 13.2. The Morgan fingerprint density at radius 2 is 2.32 bits per heavy atom. The molecule has 2 rings (SSSR count). The Balaban J connectivity index is 2.00. The fraction of sp³-hybridized carbons (Fsp3) is 0.750. The van der Waals surface area contributed by atoms with E-state index in [0.717, 1.165) is 0 Å². The minimum atomic E-state index is 0.615. The van der Waals surface area contributed by atoms with E-state index in [1.807, 2.05) is 11.3 Å². The molecule has 1 aliphatic rings. The third-order valence-electron chi connectivity index (χ3n) is 4.08. The smallest absolute Gasteiger partial charge is 0.0439 e. The van der Waals surface area contributed by atoms with Crippen molar-refractivity contribution in [1.82, 2.24) is 10.2 Å². The second kappa shape index (κ2) is 8.03. The van der Waals surface area contributed by atoms with Gasteiger partial charge in [0.05, 0.1) is 0 Å². The lowest BCUT2D eigenvalue weighted by molar-refractivity contribution is 0.164. The maximum absolute atomic E-state index is 3.69. The van der Waals surface area contributed by atoms with Gasteiger partial charge >= 0.3 is 0 Å². The van der Waals surface area contributed by atoms with E-state index in [2.05, 4.69) is 41.6 Å². The van der Waals surface area contributed by atoms with Crippen molar-refractivity contribution in [2.75, 3.05) is 19.6 Å². The van der Waals surface area contributed by atoms with Gasteiger partial charge in [0.1, 0.15) is 0 Å². The molecule has 1 aromatic rings. The summed E-state index contributed by atoms with van der Waals surface area (Å²) in [5, 5.41) is 5.90. The lowest BCUT2D eigenvalue weighted by Crippen LogP contribution is -2.44. The molecule has 2 heterocycles. The van der Waals surface area contributed by atoms with Crippen molar-refractivity contribution >= 4 is 11.3 Å². The van der Waals surface area contributed by atoms with E-state index >= 15 is 0 Å². The van der Waals surface area contributed by atoms with E-state index in [0.29, 0.717) is 12.1 Å². The van der Waals surface area contributed by atoms with E-state index in [4.69, 9.17) is 0 Å². The Labute approximate surface area is 122 Å². The first-order valence-corrected chi connectivity index (χ1v) is 8.74. The topological polar surface area (TPSA) is 15.3 Å². The molecule has 1 fully saturated rings. The first-order chi connectivity index (χ1) is 9.35. The van der Waals surface area contributed by atoms with Crippen LogP contribution in [0.2, 0.25) is 0 Å². The van der Waals surface area contributed by atoms with Crippen molar-refractivity contribution in [1.29, 1.82) is 0 Å². The van der Waals surface area contributed by atoms with E-state index in [1.165, 1.54) is 56.6 Å². The minimum absolute atomic E-state index is 0.615. The number of thiophene rings is 1. The van der Waals surface area contributed by atoms with E-state index in [9.17, 15) is 0 Å². The van der Waals surface area contributed by atoms with Gasteiger partial charge in [0.2, 0.25) is 0 Å². The Morgan fingerprint density at radius 3 is 2.89 bits per heavy atom. The first-order valence-electron chi connectivity index (χ1n) is 7.86. The molecule has 1 N–H and O–H groups in total. The van der Waals surface area contributed by atoms with Gasteiger partial charge in [-0.05, 0) is 50.2 Å². The highest BCUT2D eigenvalue weighted by atomic mass is 32.1. The second-order valence-corrected chi connectivity index (χ2v) is 6.56. The summed E-state index contributed by atoms with van der Waals surface area (Å²) in [6.45, 7) is 8.25. The molecule has 0 aliphatic carbocycles. The summed E-state index contributed by atoms with van der Waals surface area (Å²) in [5.41, 5.74) is 0. The van der Waals surface area contributed by atoms with Crippen LogP contribution in [0, 0.1) is 0 Å². The fourth-order valence-corrected chi connectivity index (χ4v) is 4.09. The molecule has 108 valence electrons. The molecule has 2 unspecified atom stereocenters. The summed E-state index contributed by atoms with van der Waals surface area (Å²) in [7, 11) is 0. The standard InChI is InChI=1S/C16H28N2S/c1-3-11-18(13-14-8-5-6-10-17-14)15(4-2)16-9-7-12-19-16/h7,9,12,14-15,17H,3-6,8,10-11,13H2,1-2H3. The van der Waals surface area contributed by atoms with E-state index in [-0.39, 0.29) is 0 Å². The Bertz CT molecular complexity index is 331. The summed E-state index contributed by atoms with van der Waals surface area (Å²) in [6, 6.07) is 5.81. The SMILES string of the molecule is CCCN(CC1CCCCN1)C(CC)c1cccs1. The number of hydrogen-bond acceptors (Lipinski definition) is 3. The van der Waals surface area contributed by atoms with Crippen molar-refractivity contribution in [2.45, 2.75) is 58.0 Å². The maximum atomic E-state index is 3.69. The number of nitrogens with zero attached hydrogens (tertiary/aromatic N) is 1. The molecule has 1 aromatic heterocycles. The van der Waals surface area contributed by atoms with Crippen LogP contribution in [0.1, 0.15) is 56.9 Å². The zero-order chi connectivity index (χ0) is 13.5. The first kappa shape index (κ1) is 15.0. The summed E-state index contributed by atoms with van der Waals surface area (Å²) in [6.07, 6.45) is 6.56. The summed E-state index contributed by atoms with van der Waals surface area (Å²) < 4.78 is 0. The normalized spacial score (nSPS) is 21.7. The predicted octanol–water partition coefficient (Wildman–Crippen LogP) is 4.05. The molecule has 0 saturated carbocycles. The molecule has 19 heavy (non-hydrogen) atoms. The zero-order valence-electron chi connectivity index (χ0n) is 12.4. The lowest BCUT2D eigenvalue weighted by Gasteiger charge is -2.35. The number of nitrogens with one attached hydrogen (secondary N) is 1. The number of rotatable bonds is 7. The average Bonchev–Trinajstić information content (AvgIpc) is 2.95. The molecule has 1 aliphatic heterocycles. The van der Waals surface area contributed by atoms with Gasteiger partial charge in [-0.1, -0.05) is 26.3 Å². The van der Waals surface area contributed by atoms with Gasteiger partial charge in [0, 0.05) is 23.5 Å². The van der Waals surface area contributed by atoms with Crippen LogP contribution in [-0.4, -0.2) is 30.6 Å². The minimum Gasteiger partial charge on any atom is -0.313 e. The third-order valence-corrected chi connectivity index (χ3v) is 5.05. The fourth-order valence-electron chi connectivity index (χ4n) is 3.14. The molecule has 0 aromatic carbocycles. The molecule has 1 saturated heterocycles. The van der Waals surface area contributed by atoms with E-state index in [1.54, 1.807) is 0 Å². The van der Waals surface area contributed by atoms with Gasteiger partial charge in [-0.2, -0.15) is 0 Å². The van der Waals surface area contributed by atoms with Crippen LogP contribution in [0.25, 0.3) is 0 Å². The third kappa shape index (κ3) is 4.30. The highest BCUT2D eigenvalue weighted by Crippen LogP contribution is 2.28. The van der Waals surface area contributed by atoms with Gasteiger partial charge < -0.3 is 5.32 Å². The largest absolute Gasteiger partial charge is 0.313 e. The highest BCUT2D eigenvalue weighted by molar-refractivity contribution is 7.10. The van der Waals surface area contributed by atoms with Crippen molar-refractivity contribution in [3.8, 4) is 0 Å². The molecule has 0 amide bonds. The monoisotopic (exact) mass is 280 g/mol. The van der Waals surface area contributed by atoms with Crippen molar-refractivity contribution in [2.24, 2.45) is 0 Å². The van der Waals surface area contributed by atoms with Crippen LogP contribution >= 0.6 is 11.3 Å². The second-order valence-electron chi connectivity index (χ2n) is 5.58. The Kier molecular flexibility index (Phi) is 6.35. The average molecular weight is 280 g/mol. The van der Waals surface area contributed by atoms with E-state index < -0.39 is 0 Å². The Morgan fingerprint density at radius 1 is 1.42 bits per heavy atom. The van der Waals surface area contributed by atoms with Gasteiger partial charge in [-0.25, -0.2) is 0 Å².